The van der Waals surface area contributed by atoms with Crippen LogP contribution in [0.15, 0.2) is 12.1 Å². The minimum absolute atomic E-state index is 0.00281. The van der Waals surface area contributed by atoms with E-state index in [-0.39, 0.29) is 24.7 Å². The zero-order chi connectivity index (χ0) is 12.4. The number of carbonyl (C=O) groups is 1. The molecular weight excluding hydrogens is 226 g/mol. The number of nitro benzene ring substituents is 1. The van der Waals surface area contributed by atoms with Crippen molar-refractivity contribution in [3.05, 3.63) is 27.8 Å². The van der Waals surface area contributed by atoms with Crippen LogP contribution < -0.4 is 9.47 Å². The Morgan fingerprint density at radius 1 is 1.41 bits per heavy atom. The van der Waals surface area contributed by atoms with Gasteiger partial charge in [0, 0.05) is 12.0 Å². The number of rotatable bonds is 4. The zero-order valence-electron chi connectivity index (χ0n) is 9.26. The van der Waals surface area contributed by atoms with Crippen molar-refractivity contribution in [3.8, 4) is 11.5 Å². The van der Waals surface area contributed by atoms with Crippen LogP contribution >= 0.6 is 0 Å². The molecule has 17 heavy (non-hydrogen) atoms. The maximum Gasteiger partial charge on any atom is 0.276 e. The highest BCUT2D eigenvalue weighted by Gasteiger charge is 2.23. The van der Waals surface area contributed by atoms with Gasteiger partial charge in [0.05, 0.1) is 11.0 Å². The van der Waals surface area contributed by atoms with Gasteiger partial charge in [0.25, 0.3) is 5.69 Å². The number of aryl methyl sites for hydroxylation is 1. The number of hydrogen-bond acceptors (Lipinski definition) is 5. The summed E-state index contributed by atoms with van der Waals surface area (Å²) in [4.78, 5) is 21.3. The van der Waals surface area contributed by atoms with Crippen molar-refractivity contribution in [2.75, 3.05) is 6.79 Å². The van der Waals surface area contributed by atoms with Gasteiger partial charge < -0.3 is 14.3 Å². The highest BCUT2D eigenvalue weighted by molar-refractivity contribution is 5.76. The monoisotopic (exact) mass is 237 g/mol. The molecule has 0 fully saturated rings. The maximum atomic E-state index is 10.9. The Kier molecular flexibility index (Phi) is 2.95. The highest BCUT2D eigenvalue weighted by atomic mass is 16.7. The van der Waals surface area contributed by atoms with Crippen molar-refractivity contribution in [1.82, 2.24) is 0 Å². The second-order valence-electron chi connectivity index (χ2n) is 3.79. The fourth-order valence-electron chi connectivity index (χ4n) is 1.65. The molecule has 0 radical (unpaired) electrons. The molecule has 1 aliphatic rings. The van der Waals surface area contributed by atoms with E-state index in [0.29, 0.717) is 23.5 Å². The van der Waals surface area contributed by atoms with Crippen LogP contribution in [0.25, 0.3) is 0 Å². The first-order valence-corrected chi connectivity index (χ1v) is 5.14. The van der Waals surface area contributed by atoms with Gasteiger partial charge in [0.2, 0.25) is 6.79 Å². The van der Waals surface area contributed by atoms with E-state index >= 15 is 0 Å². The van der Waals surface area contributed by atoms with Crippen LogP contribution in [0.3, 0.4) is 0 Å². The third kappa shape index (κ3) is 2.35. The molecule has 90 valence electrons. The van der Waals surface area contributed by atoms with Crippen molar-refractivity contribution < 1.29 is 19.2 Å². The van der Waals surface area contributed by atoms with E-state index in [0.717, 1.165) is 0 Å². The zero-order valence-corrected chi connectivity index (χ0v) is 9.26. The molecule has 0 N–H and O–H groups in total. The van der Waals surface area contributed by atoms with E-state index in [1.165, 1.54) is 13.0 Å². The number of hydrogen-bond donors (Lipinski definition) is 0. The van der Waals surface area contributed by atoms with Crippen molar-refractivity contribution >= 4 is 11.5 Å². The average Bonchev–Trinajstić information content (AvgIpc) is 2.71. The predicted molar refractivity (Wildman–Crippen MR) is 58.2 cm³/mol. The van der Waals surface area contributed by atoms with Crippen LogP contribution in [0.1, 0.15) is 18.9 Å². The summed E-state index contributed by atoms with van der Waals surface area (Å²) in [6.45, 7) is 1.53. The molecular formula is C11H11NO5. The molecule has 0 aromatic heterocycles. The summed E-state index contributed by atoms with van der Waals surface area (Å²) in [5.41, 5.74) is 0.463. The van der Waals surface area contributed by atoms with Crippen molar-refractivity contribution in [2.24, 2.45) is 0 Å². The molecule has 0 aliphatic carbocycles. The van der Waals surface area contributed by atoms with Gasteiger partial charge in [-0.15, -0.1) is 0 Å². The number of nitrogens with zero attached hydrogens (tertiary/aromatic N) is 1. The van der Waals surface area contributed by atoms with Gasteiger partial charge in [-0.2, -0.15) is 0 Å². The first-order valence-electron chi connectivity index (χ1n) is 5.14. The fraction of sp³-hybridized carbons (Fsp3) is 0.364. The SMILES string of the molecule is CC(=O)CCc1cc2c(cc1[N+](=O)[O-])OCO2. The Morgan fingerprint density at radius 3 is 2.65 bits per heavy atom. The summed E-state index contributed by atoms with van der Waals surface area (Å²) in [7, 11) is 0. The van der Waals surface area contributed by atoms with Gasteiger partial charge in [-0.25, -0.2) is 0 Å². The smallest absolute Gasteiger partial charge is 0.276 e. The van der Waals surface area contributed by atoms with Crippen molar-refractivity contribution in [2.45, 2.75) is 19.8 Å². The van der Waals surface area contributed by atoms with E-state index in [9.17, 15) is 14.9 Å². The topological polar surface area (TPSA) is 78.7 Å². The standard InChI is InChI=1S/C11H11NO5/c1-7(13)2-3-8-4-10-11(17-6-16-10)5-9(8)12(14)15/h4-5H,2-3,6H2,1H3. The molecule has 0 bridgehead atoms. The molecule has 0 spiro atoms. The molecule has 6 heteroatoms. The molecule has 0 saturated carbocycles. The average molecular weight is 237 g/mol. The number of ether oxygens (including phenoxy) is 2. The van der Waals surface area contributed by atoms with Crippen LogP contribution in [0.2, 0.25) is 0 Å². The molecule has 1 aliphatic heterocycles. The molecule has 6 nitrogen and oxygen atoms in total. The summed E-state index contributed by atoms with van der Waals surface area (Å²) >= 11 is 0. The number of nitro groups is 1. The van der Waals surface area contributed by atoms with Gasteiger partial charge in [-0.1, -0.05) is 0 Å². The summed E-state index contributed by atoms with van der Waals surface area (Å²) in [6.07, 6.45) is 0.614. The first kappa shape index (κ1) is 11.4. The number of carbonyl (C=O) groups excluding carboxylic acids is 1. The molecule has 0 amide bonds. The second kappa shape index (κ2) is 4.40. The number of fused-ring (bicyclic) bond motifs is 1. The molecule has 0 unspecified atom stereocenters. The van der Waals surface area contributed by atoms with Crippen LogP contribution in [0.4, 0.5) is 5.69 Å². The molecule has 1 aromatic rings. The Morgan fingerprint density at radius 2 is 2.06 bits per heavy atom. The van der Waals surface area contributed by atoms with Crippen LogP contribution in [-0.4, -0.2) is 17.5 Å². The molecule has 2 rings (SSSR count). The third-order valence-corrected chi connectivity index (χ3v) is 2.52. The lowest BCUT2D eigenvalue weighted by molar-refractivity contribution is -0.385. The van der Waals surface area contributed by atoms with Crippen LogP contribution in [-0.2, 0) is 11.2 Å². The van der Waals surface area contributed by atoms with E-state index < -0.39 is 4.92 Å². The van der Waals surface area contributed by atoms with Gasteiger partial charge in [-0.3, -0.25) is 10.1 Å². The molecule has 1 aromatic carbocycles. The van der Waals surface area contributed by atoms with Gasteiger partial charge in [-0.05, 0) is 19.4 Å². The Hall–Kier alpha value is -2.11. The predicted octanol–water partition coefficient (Wildman–Crippen LogP) is 1.85. The first-order chi connectivity index (χ1) is 8.08. The van der Waals surface area contributed by atoms with E-state index in [2.05, 4.69) is 0 Å². The number of benzene rings is 1. The van der Waals surface area contributed by atoms with Crippen LogP contribution in [0, 0.1) is 10.1 Å². The summed E-state index contributed by atoms with van der Waals surface area (Å²) in [5, 5.41) is 10.9. The number of ketones is 1. The molecule has 0 atom stereocenters. The lowest BCUT2D eigenvalue weighted by Gasteiger charge is -2.03. The maximum absolute atomic E-state index is 10.9. The quantitative estimate of drug-likeness (QED) is 0.589. The van der Waals surface area contributed by atoms with Crippen LogP contribution in [0.5, 0.6) is 11.5 Å². The Bertz CT molecular complexity index is 483. The van der Waals surface area contributed by atoms with Crippen molar-refractivity contribution in [3.63, 3.8) is 0 Å². The largest absolute Gasteiger partial charge is 0.454 e. The van der Waals surface area contributed by atoms with Crippen molar-refractivity contribution in [1.29, 1.82) is 0 Å². The highest BCUT2D eigenvalue weighted by Crippen LogP contribution is 2.38. The summed E-state index contributed by atoms with van der Waals surface area (Å²) in [6, 6.07) is 2.92. The lowest BCUT2D eigenvalue weighted by Crippen LogP contribution is -1.99. The minimum Gasteiger partial charge on any atom is -0.454 e. The van der Waals surface area contributed by atoms with E-state index in [1.54, 1.807) is 6.07 Å². The van der Waals surface area contributed by atoms with E-state index in [1.807, 2.05) is 0 Å². The second-order valence-corrected chi connectivity index (χ2v) is 3.79. The Labute approximate surface area is 97.3 Å². The van der Waals surface area contributed by atoms with Gasteiger partial charge in [0.1, 0.15) is 5.78 Å². The lowest BCUT2D eigenvalue weighted by atomic mass is 10.1. The summed E-state index contributed by atoms with van der Waals surface area (Å²) < 4.78 is 10.2. The van der Waals surface area contributed by atoms with Gasteiger partial charge in [0.15, 0.2) is 11.5 Å². The summed E-state index contributed by atoms with van der Waals surface area (Å²) in [5.74, 6) is 0.870. The fourth-order valence-corrected chi connectivity index (χ4v) is 1.65. The van der Waals surface area contributed by atoms with Gasteiger partial charge >= 0.3 is 0 Å². The minimum atomic E-state index is -0.475. The molecule has 1 heterocycles. The third-order valence-electron chi connectivity index (χ3n) is 2.52. The Balaban J connectivity index is 2.34. The normalized spacial score (nSPS) is 12.5. The molecule has 0 saturated heterocycles. The van der Waals surface area contributed by atoms with E-state index in [4.69, 9.17) is 9.47 Å². The number of Topliss-reactive ketones (excluding diaryl/α,β-unsaturated/α-hetero) is 1.